The van der Waals surface area contributed by atoms with Crippen molar-refractivity contribution >= 4 is 17.7 Å². The van der Waals surface area contributed by atoms with Crippen LogP contribution in [0.1, 0.15) is 24.3 Å². The first kappa shape index (κ1) is 12.5. The van der Waals surface area contributed by atoms with E-state index in [0.29, 0.717) is 5.69 Å². The zero-order chi connectivity index (χ0) is 12.0. The van der Waals surface area contributed by atoms with Crippen molar-refractivity contribution in [3.63, 3.8) is 0 Å². The van der Waals surface area contributed by atoms with Gasteiger partial charge in [-0.05, 0) is 24.8 Å². The number of nitrogens with zero attached hydrogens (tertiary/aromatic N) is 2. The number of carbonyl (C=O) groups excluding carboxylic acids is 1. The highest BCUT2D eigenvalue weighted by atomic mass is 32.2. The number of amides is 1. The second kappa shape index (κ2) is 6.13. The molecule has 0 aromatic carbocycles. The van der Waals surface area contributed by atoms with Gasteiger partial charge < -0.3 is 5.32 Å². The third kappa shape index (κ3) is 3.24. The Morgan fingerprint density at radius 3 is 3.12 bits per heavy atom. The summed E-state index contributed by atoms with van der Waals surface area (Å²) < 4.78 is 0. The first-order chi connectivity index (χ1) is 7.69. The number of rotatable bonds is 4. The molecule has 1 amide bonds. The van der Waals surface area contributed by atoms with Crippen molar-refractivity contribution in [2.75, 3.05) is 5.75 Å². The Labute approximate surface area is 99.1 Å². The molecule has 0 aliphatic rings. The van der Waals surface area contributed by atoms with Crippen LogP contribution in [0.4, 0.5) is 0 Å². The van der Waals surface area contributed by atoms with E-state index in [-0.39, 0.29) is 5.91 Å². The van der Waals surface area contributed by atoms with Gasteiger partial charge in [-0.15, -0.1) is 11.8 Å². The predicted molar refractivity (Wildman–Crippen MR) is 63.2 cm³/mol. The highest BCUT2D eigenvalue weighted by Crippen LogP contribution is 2.20. The lowest BCUT2D eigenvalue weighted by atomic mass is 10.3. The Bertz CT molecular complexity index is 414. The first-order valence-corrected chi connectivity index (χ1v) is 5.96. The van der Waals surface area contributed by atoms with Crippen LogP contribution in [0.2, 0.25) is 0 Å². The maximum absolute atomic E-state index is 11.8. The maximum atomic E-state index is 11.8. The number of nitrogens with one attached hydrogen (secondary N) is 1. The van der Waals surface area contributed by atoms with Crippen molar-refractivity contribution in [2.45, 2.75) is 24.8 Å². The van der Waals surface area contributed by atoms with Gasteiger partial charge in [-0.3, -0.25) is 4.79 Å². The molecule has 0 spiro atoms. The van der Waals surface area contributed by atoms with Crippen LogP contribution < -0.4 is 5.32 Å². The number of hydrogen-bond acceptors (Lipinski definition) is 4. The van der Waals surface area contributed by atoms with Gasteiger partial charge in [0.25, 0.3) is 5.91 Å². The normalized spacial score (nSPS) is 11.6. The van der Waals surface area contributed by atoms with Crippen molar-refractivity contribution in [2.24, 2.45) is 0 Å². The highest BCUT2D eigenvalue weighted by Gasteiger charge is 2.14. The molecule has 0 aliphatic heterocycles. The molecular formula is C11H13N3OS. The summed E-state index contributed by atoms with van der Waals surface area (Å²) in [7, 11) is 0. The van der Waals surface area contributed by atoms with Crippen LogP contribution in [-0.2, 0) is 0 Å². The zero-order valence-corrected chi connectivity index (χ0v) is 10.0. The third-order valence-corrected chi connectivity index (χ3v) is 2.76. The van der Waals surface area contributed by atoms with Gasteiger partial charge in [0, 0.05) is 11.1 Å². The van der Waals surface area contributed by atoms with E-state index >= 15 is 0 Å². The minimum atomic E-state index is -0.506. The van der Waals surface area contributed by atoms with Crippen LogP contribution in [0.5, 0.6) is 0 Å². The summed E-state index contributed by atoms with van der Waals surface area (Å²) in [6, 6.07) is 5.09. The summed E-state index contributed by atoms with van der Waals surface area (Å²) in [6.45, 7) is 3.64. The Kier molecular flexibility index (Phi) is 4.80. The molecule has 5 heteroatoms. The third-order valence-electron chi connectivity index (χ3n) is 1.83. The van der Waals surface area contributed by atoms with Crippen LogP contribution in [0, 0.1) is 11.3 Å². The molecule has 16 heavy (non-hydrogen) atoms. The number of carbonyl (C=O) groups is 1. The fourth-order valence-corrected chi connectivity index (χ4v) is 1.90. The van der Waals surface area contributed by atoms with Crippen LogP contribution in [0.25, 0.3) is 0 Å². The lowest BCUT2D eigenvalue weighted by Crippen LogP contribution is -2.32. The smallest absolute Gasteiger partial charge is 0.272 e. The molecule has 1 aromatic rings. The van der Waals surface area contributed by atoms with E-state index in [2.05, 4.69) is 10.3 Å². The average molecular weight is 235 g/mol. The van der Waals surface area contributed by atoms with Gasteiger partial charge in [0.05, 0.1) is 6.07 Å². The van der Waals surface area contributed by atoms with Crippen LogP contribution >= 0.6 is 11.8 Å². The van der Waals surface area contributed by atoms with E-state index in [9.17, 15) is 4.79 Å². The van der Waals surface area contributed by atoms with Crippen molar-refractivity contribution in [3.8, 4) is 6.07 Å². The van der Waals surface area contributed by atoms with E-state index in [0.717, 1.165) is 10.6 Å². The van der Waals surface area contributed by atoms with Crippen molar-refractivity contribution < 1.29 is 4.79 Å². The largest absolute Gasteiger partial charge is 0.335 e. The summed E-state index contributed by atoms with van der Waals surface area (Å²) in [5.41, 5.74) is 0.386. The van der Waals surface area contributed by atoms with E-state index < -0.39 is 6.04 Å². The van der Waals surface area contributed by atoms with E-state index in [1.54, 1.807) is 30.9 Å². The number of nitriles is 1. The predicted octanol–water partition coefficient (Wildman–Crippen LogP) is 1.84. The molecule has 1 aromatic heterocycles. The molecule has 0 aliphatic carbocycles. The molecule has 0 unspecified atom stereocenters. The first-order valence-electron chi connectivity index (χ1n) is 4.97. The standard InChI is InChI=1S/C11H13N3OS/c1-3-16-9-5-4-6-13-10(9)11(15)14-8(2)7-12/h4-6,8H,3H2,1-2H3,(H,14,15)/t8-/m0/s1. The minimum absolute atomic E-state index is 0.300. The summed E-state index contributed by atoms with van der Waals surface area (Å²) in [5, 5.41) is 11.2. The topological polar surface area (TPSA) is 65.8 Å². The Morgan fingerprint density at radius 1 is 1.75 bits per heavy atom. The molecule has 1 heterocycles. The Morgan fingerprint density at radius 2 is 2.50 bits per heavy atom. The zero-order valence-electron chi connectivity index (χ0n) is 9.23. The molecule has 0 radical (unpaired) electrons. The SMILES string of the molecule is CCSc1cccnc1C(=O)N[C@@H](C)C#N. The highest BCUT2D eigenvalue weighted by molar-refractivity contribution is 7.99. The molecule has 4 nitrogen and oxygen atoms in total. The number of hydrogen-bond donors (Lipinski definition) is 1. The number of aromatic nitrogens is 1. The second-order valence-corrected chi connectivity index (χ2v) is 4.41. The fraction of sp³-hybridized carbons (Fsp3) is 0.364. The van der Waals surface area contributed by atoms with Gasteiger partial charge in [0.1, 0.15) is 11.7 Å². The number of pyridine rings is 1. The number of thioether (sulfide) groups is 1. The molecule has 84 valence electrons. The lowest BCUT2D eigenvalue weighted by Gasteiger charge is -2.08. The summed E-state index contributed by atoms with van der Waals surface area (Å²) in [4.78, 5) is 16.7. The van der Waals surface area contributed by atoms with Crippen molar-refractivity contribution in [1.82, 2.24) is 10.3 Å². The maximum Gasteiger partial charge on any atom is 0.272 e. The molecule has 1 N–H and O–H groups in total. The lowest BCUT2D eigenvalue weighted by molar-refractivity contribution is 0.0939. The van der Waals surface area contributed by atoms with Gasteiger partial charge in [0.2, 0.25) is 0 Å². The fourth-order valence-electron chi connectivity index (χ4n) is 1.13. The van der Waals surface area contributed by atoms with Gasteiger partial charge in [0.15, 0.2) is 0 Å². The quantitative estimate of drug-likeness (QED) is 0.809. The van der Waals surface area contributed by atoms with E-state index in [1.807, 2.05) is 19.1 Å². The van der Waals surface area contributed by atoms with Crippen LogP contribution in [0.15, 0.2) is 23.2 Å². The Balaban J connectivity index is 2.86. The van der Waals surface area contributed by atoms with Gasteiger partial charge >= 0.3 is 0 Å². The second-order valence-electron chi connectivity index (χ2n) is 3.11. The molecule has 1 rings (SSSR count). The molecule has 0 fully saturated rings. The monoisotopic (exact) mass is 235 g/mol. The molecule has 0 saturated heterocycles. The van der Waals surface area contributed by atoms with Crippen molar-refractivity contribution in [3.05, 3.63) is 24.0 Å². The summed E-state index contributed by atoms with van der Waals surface area (Å²) >= 11 is 1.56. The molecule has 1 atom stereocenters. The van der Waals surface area contributed by atoms with Crippen LogP contribution in [-0.4, -0.2) is 22.7 Å². The average Bonchev–Trinajstić information content (AvgIpc) is 2.30. The van der Waals surface area contributed by atoms with Gasteiger partial charge in [-0.1, -0.05) is 6.92 Å². The van der Waals surface area contributed by atoms with Gasteiger partial charge in [-0.25, -0.2) is 4.98 Å². The molecule has 0 saturated carbocycles. The molecular weight excluding hydrogens is 222 g/mol. The molecule has 0 bridgehead atoms. The minimum Gasteiger partial charge on any atom is -0.335 e. The van der Waals surface area contributed by atoms with Crippen molar-refractivity contribution in [1.29, 1.82) is 5.26 Å². The van der Waals surface area contributed by atoms with Crippen LogP contribution in [0.3, 0.4) is 0 Å². The summed E-state index contributed by atoms with van der Waals surface area (Å²) in [6.07, 6.45) is 1.58. The van der Waals surface area contributed by atoms with E-state index in [4.69, 9.17) is 5.26 Å². The van der Waals surface area contributed by atoms with Gasteiger partial charge in [-0.2, -0.15) is 5.26 Å². The Hall–Kier alpha value is -1.54. The summed E-state index contributed by atoms with van der Waals surface area (Å²) in [5.74, 6) is 0.574. The van der Waals surface area contributed by atoms with E-state index in [1.165, 1.54) is 0 Å².